The van der Waals surface area contributed by atoms with Crippen molar-refractivity contribution in [3.8, 4) is 0 Å². The van der Waals surface area contributed by atoms with Crippen molar-refractivity contribution in [2.75, 3.05) is 4.90 Å². The first kappa shape index (κ1) is 21.2. The molecule has 6 nitrogen and oxygen atoms in total. The minimum absolute atomic E-state index is 0.140. The first-order valence-electron chi connectivity index (χ1n) is 9.89. The van der Waals surface area contributed by atoms with E-state index < -0.39 is 29.3 Å². The average molecular weight is 480 g/mol. The molecule has 0 bridgehead atoms. The summed E-state index contributed by atoms with van der Waals surface area (Å²) < 4.78 is 14.2. The molecule has 0 aliphatic carbocycles. The van der Waals surface area contributed by atoms with Gasteiger partial charge < -0.3 is 5.11 Å². The van der Waals surface area contributed by atoms with Crippen molar-refractivity contribution in [1.29, 1.82) is 0 Å². The number of nitrogens with zero attached hydrogens (tertiary/aromatic N) is 3. The number of fused-ring (bicyclic) bond motifs is 1. The van der Waals surface area contributed by atoms with E-state index in [1.54, 1.807) is 24.3 Å². The Labute approximate surface area is 196 Å². The van der Waals surface area contributed by atoms with Crippen LogP contribution in [0.5, 0.6) is 0 Å². The number of amides is 1. The summed E-state index contributed by atoms with van der Waals surface area (Å²) in [5, 5.41) is 11.8. The van der Waals surface area contributed by atoms with Gasteiger partial charge in [-0.3, -0.25) is 19.5 Å². The standard InChI is InChI=1S/C24H15ClFN3O3S/c1-12-10-18-17(11-15(12)25)28-24(33-18)29-20(16-4-2-3-9-27-16)19(22(31)23(29)32)21(30)13-5-7-14(26)8-6-13/h2-11,20,30H,1H3/b21-19+. The van der Waals surface area contributed by atoms with Crippen LogP contribution in [0.1, 0.15) is 22.9 Å². The number of aliphatic hydroxyl groups excluding tert-OH is 1. The maximum Gasteiger partial charge on any atom is 0.301 e. The second kappa shape index (κ2) is 8.06. The Bertz CT molecular complexity index is 1410. The number of hydrogen-bond donors (Lipinski definition) is 1. The summed E-state index contributed by atoms with van der Waals surface area (Å²) >= 11 is 7.46. The molecular formula is C24H15ClFN3O3S. The smallest absolute Gasteiger partial charge is 0.301 e. The van der Waals surface area contributed by atoms with E-state index in [1.165, 1.54) is 46.7 Å². The second-order valence-electron chi connectivity index (χ2n) is 7.50. The molecule has 1 unspecified atom stereocenters. The number of carbonyl (C=O) groups excluding carboxylic acids is 2. The number of benzene rings is 2. The largest absolute Gasteiger partial charge is 0.507 e. The maximum atomic E-state index is 13.4. The molecule has 4 aromatic rings. The molecule has 2 aromatic heterocycles. The minimum Gasteiger partial charge on any atom is -0.507 e. The molecule has 5 rings (SSSR count). The van der Waals surface area contributed by atoms with Crippen LogP contribution in [-0.4, -0.2) is 26.8 Å². The van der Waals surface area contributed by atoms with Crippen molar-refractivity contribution >= 4 is 55.7 Å². The fraction of sp³-hybridized carbons (Fsp3) is 0.0833. The second-order valence-corrected chi connectivity index (χ2v) is 8.91. The van der Waals surface area contributed by atoms with Crippen molar-refractivity contribution in [2.24, 2.45) is 0 Å². The highest BCUT2D eigenvalue weighted by Gasteiger charge is 2.48. The Hall–Kier alpha value is -3.62. The third-order valence-corrected chi connectivity index (χ3v) is 6.82. The average Bonchev–Trinajstić information content (AvgIpc) is 3.32. The number of aryl methyl sites for hydroxylation is 1. The lowest BCUT2D eigenvalue weighted by atomic mass is 9.98. The zero-order valence-electron chi connectivity index (χ0n) is 17.1. The van der Waals surface area contributed by atoms with Crippen molar-refractivity contribution < 1.29 is 19.1 Å². The summed E-state index contributed by atoms with van der Waals surface area (Å²) in [7, 11) is 0. The van der Waals surface area contributed by atoms with Crippen LogP contribution < -0.4 is 4.90 Å². The molecule has 1 amide bonds. The predicted molar refractivity (Wildman–Crippen MR) is 125 cm³/mol. The zero-order chi connectivity index (χ0) is 23.3. The van der Waals surface area contributed by atoms with E-state index in [0.717, 1.165) is 10.3 Å². The molecule has 1 saturated heterocycles. The van der Waals surface area contributed by atoms with Crippen molar-refractivity contribution in [1.82, 2.24) is 9.97 Å². The highest BCUT2D eigenvalue weighted by Crippen LogP contribution is 2.44. The molecule has 164 valence electrons. The van der Waals surface area contributed by atoms with E-state index in [9.17, 15) is 19.1 Å². The fourth-order valence-electron chi connectivity index (χ4n) is 3.75. The number of pyridine rings is 1. The van der Waals surface area contributed by atoms with Crippen molar-refractivity contribution in [2.45, 2.75) is 13.0 Å². The minimum atomic E-state index is -1.01. The number of thiazole rings is 1. The van der Waals surface area contributed by atoms with Crippen molar-refractivity contribution in [3.63, 3.8) is 0 Å². The van der Waals surface area contributed by atoms with E-state index >= 15 is 0 Å². The maximum absolute atomic E-state index is 13.4. The molecule has 2 aromatic carbocycles. The third kappa shape index (κ3) is 3.57. The number of anilines is 1. The van der Waals surface area contributed by atoms with Gasteiger partial charge in [0.1, 0.15) is 17.6 Å². The molecule has 1 fully saturated rings. The van der Waals surface area contributed by atoms with Gasteiger partial charge >= 0.3 is 5.91 Å². The van der Waals surface area contributed by atoms with E-state index in [2.05, 4.69) is 9.97 Å². The van der Waals surface area contributed by atoms with E-state index in [4.69, 9.17) is 11.6 Å². The van der Waals surface area contributed by atoms with Gasteiger partial charge in [-0.05, 0) is 61.0 Å². The van der Waals surface area contributed by atoms with Gasteiger partial charge in [-0.1, -0.05) is 29.0 Å². The number of Topliss-reactive ketones (excluding diaryl/α,β-unsaturated/α-hetero) is 1. The normalized spacial score (nSPS) is 17.8. The molecule has 1 aliphatic rings. The monoisotopic (exact) mass is 479 g/mol. The number of carbonyl (C=O) groups is 2. The summed E-state index contributed by atoms with van der Waals surface area (Å²) in [4.78, 5) is 36.4. The number of halogens is 2. The molecule has 33 heavy (non-hydrogen) atoms. The van der Waals surface area contributed by atoms with Crippen LogP contribution in [0.25, 0.3) is 16.0 Å². The van der Waals surface area contributed by atoms with Gasteiger partial charge in [0.15, 0.2) is 5.13 Å². The molecule has 1 atom stereocenters. The fourth-order valence-corrected chi connectivity index (χ4v) is 4.98. The lowest BCUT2D eigenvalue weighted by Gasteiger charge is -2.21. The quantitative estimate of drug-likeness (QED) is 0.241. The van der Waals surface area contributed by atoms with E-state index in [0.29, 0.717) is 16.2 Å². The summed E-state index contributed by atoms with van der Waals surface area (Å²) in [5.41, 5.74) is 1.90. The van der Waals surface area contributed by atoms with Crippen LogP contribution in [0.2, 0.25) is 5.02 Å². The summed E-state index contributed by atoms with van der Waals surface area (Å²) in [6, 6.07) is 12.7. The van der Waals surface area contributed by atoms with Crippen molar-refractivity contribution in [3.05, 3.63) is 94.0 Å². The number of aliphatic hydroxyl groups is 1. The predicted octanol–water partition coefficient (Wildman–Crippen LogP) is 5.42. The van der Waals surface area contributed by atoms with E-state index in [-0.39, 0.29) is 16.3 Å². The van der Waals surface area contributed by atoms with E-state index in [1.807, 2.05) is 13.0 Å². The van der Waals surface area contributed by atoms with Crippen LogP contribution in [0.4, 0.5) is 9.52 Å². The Morgan fingerprint density at radius 3 is 2.61 bits per heavy atom. The molecule has 1 aliphatic heterocycles. The van der Waals surface area contributed by atoms with Crippen LogP contribution >= 0.6 is 22.9 Å². The first-order chi connectivity index (χ1) is 15.8. The molecule has 0 saturated carbocycles. The number of aromatic nitrogens is 2. The van der Waals surface area contributed by atoms with Gasteiger partial charge in [0, 0.05) is 16.8 Å². The van der Waals surface area contributed by atoms with Gasteiger partial charge in [-0.2, -0.15) is 0 Å². The molecule has 3 heterocycles. The Morgan fingerprint density at radius 1 is 1.15 bits per heavy atom. The molecule has 1 N–H and O–H groups in total. The van der Waals surface area contributed by atoms with Crippen LogP contribution in [0.15, 0.2) is 66.4 Å². The summed E-state index contributed by atoms with van der Waals surface area (Å²) in [5.74, 6) is -2.61. The number of ketones is 1. The number of rotatable bonds is 3. The molecule has 0 radical (unpaired) electrons. The third-order valence-electron chi connectivity index (χ3n) is 5.39. The van der Waals surface area contributed by atoms with Crippen LogP contribution in [0.3, 0.4) is 0 Å². The first-order valence-corrected chi connectivity index (χ1v) is 11.1. The summed E-state index contributed by atoms with van der Waals surface area (Å²) in [6.45, 7) is 1.87. The lowest BCUT2D eigenvalue weighted by Crippen LogP contribution is -2.29. The highest BCUT2D eigenvalue weighted by molar-refractivity contribution is 7.22. The molecule has 9 heteroatoms. The SMILES string of the molecule is Cc1cc2sc(N3C(=O)C(=O)/C(=C(/O)c4ccc(F)cc4)C3c3ccccn3)nc2cc1Cl. The number of hydrogen-bond acceptors (Lipinski definition) is 6. The summed E-state index contributed by atoms with van der Waals surface area (Å²) in [6.07, 6.45) is 1.54. The van der Waals surface area contributed by atoms with Gasteiger partial charge in [0.2, 0.25) is 0 Å². The zero-order valence-corrected chi connectivity index (χ0v) is 18.7. The topological polar surface area (TPSA) is 83.4 Å². The highest BCUT2D eigenvalue weighted by atomic mass is 35.5. The Kier molecular flexibility index (Phi) is 5.19. The Balaban J connectivity index is 1.72. The lowest BCUT2D eigenvalue weighted by molar-refractivity contribution is -0.132. The molecule has 0 spiro atoms. The van der Waals surface area contributed by atoms with Crippen LogP contribution in [-0.2, 0) is 9.59 Å². The Morgan fingerprint density at radius 2 is 1.91 bits per heavy atom. The van der Waals surface area contributed by atoms with Gasteiger partial charge in [-0.25, -0.2) is 9.37 Å². The van der Waals surface area contributed by atoms with Gasteiger partial charge in [-0.15, -0.1) is 0 Å². The van der Waals surface area contributed by atoms with Gasteiger partial charge in [0.05, 0.1) is 21.5 Å². The van der Waals surface area contributed by atoms with Crippen LogP contribution in [0, 0.1) is 12.7 Å². The molecular weight excluding hydrogens is 465 g/mol. The van der Waals surface area contributed by atoms with Gasteiger partial charge in [0.25, 0.3) is 5.78 Å².